The van der Waals surface area contributed by atoms with Crippen molar-refractivity contribution in [2.24, 2.45) is 5.73 Å². The lowest BCUT2D eigenvalue weighted by atomic mass is 10.2. The fourth-order valence-corrected chi connectivity index (χ4v) is 1.37. The molecule has 1 atom stereocenters. The molecule has 7 heteroatoms. The Morgan fingerprint density at radius 2 is 1.76 bits per heavy atom. The molecule has 0 aliphatic rings. The van der Waals surface area contributed by atoms with Crippen molar-refractivity contribution in [2.45, 2.75) is 25.8 Å². The quantitative estimate of drug-likeness (QED) is 0.714. The van der Waals surface area contributed by atoms with Gasteiger partial charge < -0.3 is 20.5 Å². The summed E-state index contributed by atoms with van der Waals surface area (Å²) in [5.41, 5.74) is 5.65. The topological polar surface area (TPSA) is 95.2 Å². The lowest BCUT2D eigenvalue weighted by Gasteiger charge is -2.16. The van der Waals surface area contributed by atoms with Gasteiger partial charge in [-0.2, -0.15) is 9.97 Å². The van der Waals surface area contributed by atoms with Crippen molar-refractivity contribution in [3.8, 4) is 12.0 Å². The van der Waals surface area contributed by atoms with E-state index in [1.54, 1.807) is 0 Å². The van der Waals surface area contributed by atoms with Gasteiger partial charge in [0.05, 0.1) is 14.2 Å². The number of ether oxygens (including phenoxy) is 2. The molecule has 1 unspecified atom stereocenters. The lowest BCUT2D eigenvalue weighted by Crippen LogP contribution is -2.29. The fourth-order valence-electron chi connectivity index (χ4n) is 1.37. The minimum atomic E-state index is 0.136. The summed E-state index contributed by atoms with van der Waals surface area (Å²) in [6.45, 7) is 2.61. The summed E-state index contributed by atoms with van der Waals surface area (Å²) >= 11 is 0. The lowest BCUT2D eigenvalue weighted by molar-refractivity contribution is 0.340. The maximum absolute atomic E-state index is 5.65. The fraction of sp³-hybridized carbons (Fsp3) is 0.700. The summed E-state index contributed by atoms with van der Waals surface area (Å²) in [6, 6.07) is 0.565. The molecule has 0 saturated carbocycles. The van der Waals surface area contributed by atoms with Gasteiger partial charge in [0.1, 0.15) is 0 Å². The van der Waals surface area contributed by atoms with E-state index in [4.69, 9.17) is 15.2 Å². The molecule has 0 bridgehead atoms. The summed E-state index contributed by atoms with van der Waals surface area (Å²) < 4.78 is 9.92. The van der Waals surface area contributed by atoms with Crippen molar-refractivity contribution in [3.63, 3.8) is 0 Å². The van der Waals surface area contributed by atoms with Crippen molar-refractivity contribution in [1.29, 1.82) is 0 Å². The maximum Gasteiger partial charge on any atom is 0.324 e. The van der Waals surface area contributed by atoms with Crippen molar-refractivity contribution in [1.82, 2.24) is 15.0 Å². The second-order valence-corrected chi connectivity index (χ2v) is 3.50. The first kappa shape index (κ1) is 13.4. The van der Waals surface area contributed by atoms with E-state index in [-0.39, 0.29) is 18.1 Å². The molecule has 1 aromatic rings. The molecule has 0 radical (unpaired) electrons. The largest absolute Gasteiger partial charge is 0.467 e. The van der Waals surface area contributed by atoms with Crippen LogP contribution in [0.2, 0.25) is 0 Å². The van der Waals surface area contributed by atoms with Crippen molar-refractivity contribution in [2.75, 3.05) is 26.1 Å². The van der Waals surface area contributed by atoms with Gasteiger partial charge in [-0.05, 0) is 6.42 Å². The Kier molecular flexibility index (Phi) is 5.41. The minimum absolute atomic E-state index is 0.136. The van der Waals surface area contributed by atoms with Gasteiger partial charge in [-0.1, -0.05) is 13.3 Å². The SMILES string of the molecule is CCCC(CN)Nc1nc(OC)nc(OC)n1. The number of nitrogens with two attached hydrogens (primary N) is 1. The van der Waals surface area contributed by atoms with Crippen LogP contribution in [0.5, 0.6) is 12.0 Å². The monoisotopic (exact) mass is 241 g/mol. The number of anilines is 1. The van der Waals surface area contributed by atoms with E-state index in [0.29, 0.717) is 12.5 Å². The van der Waals surface area contributed by atoms with Crippen molar-refractivity contribution >= 4 is 5.95 Å². The Morgan fingerprint density at radius 3 is 2.18 bits per heavy atom. The second kappa shape index (κ2) is 6.85. The van der Waals surface area contributed by atoms with E-state index < -0.39 is 0 Å². The molecule has 0 amide bonds. The van der Waals surface area contributed by atoms with Gasteiger partial charge in [-0.3, -0.25) is 0 Å². The summed E-state index contributed by atoms with van der Waals surface area (Å²) in [5.74, 6) is 0.414. The average molecular weight is 241 g/mol. The van der Waals surface area contributed by atoms with Crippen LogP contribution in [0.25, 0.3) is 0 Å². The van der Waals surface area contributed by atoms with Crippen LogP contribution in [0, 0.1) is 0 Å². The van der Waals surface area contributed by atoms with Crippen LogP contribution < -0.4 is 20.5 Å². The van der Waals surface area contributed by atoms with Crippen LogP contribution in [0.15, 0.2) is 0 Å². The summed E-state index contributed by atoms with van der Waals surface area (Å²) in [7, 11) is 2.98. The summed E-state index contributed by atoms with van der Waals surface area (Å²) in [5, 5.41) is 3.13. The Labute approximate surface area is 101 Å². The number of methoxy groups -OCH3 is 2. The predicted molar refractivity (Wildman–Crippen MR) is 64.3 cm³/mol. The van der Waals surface area contributed by atoms with Gasteiger partial charge in [0.2, 0.25) is 5.95 Å². The van der Waals surface area contributed by atoms with Crippen molar-refractivity contribution < 1.29 is 9.47 Å². The highest BCUT2D eigenvalue weighted by atomic mass is 16.5. The normalized spacial score (nSPS) is 12.0. The van der Waals surface area contributed by atoms with E-state index >= 15 is 0 Å². The number of nitrogens with zero attached hydrogens (tertiary/aromatic N) is 3. The van der Waals surface area contributed by atoms with Crippen LogP contribution in [-0.2, 0) is 0 Å². The van der Waals surface area contributed by atoms with Gasteiger partial charge in [0, 0.05) is 12.6 Å². The van der Waals surface area contributed by atoms with E-state index in [1.807, 2.05) is 0 Å². The Balaban J connectivity index is 2.81. The summed E-state index contributed by atoms with van der Waals surface area (Å²) in [4.78, 5) is 12.1. The molecule has 0 aliphatic heterocycles. The highest BCUT2D eigenvalue weighted by Crippen LogP contribution is 2.13. The molecule has 0 aliphatic carbocycles. The van der Waals surface area contributed by atoms with Crippen LogP contribution in [-0.4, -0.2) is 41.8 Å². The highest BCUT2D eigenvalue weighted by Gasteiger charge is 2.11. The third-order valence-corrected chi connectivity index (χ3v) is 2.21. The third-order valence-electron chi connectivity index (χ3n) is 2.21. The second-order valence-electron chi connectivity index (χ2n) is 3.50. The molecule has 17 heavy (non-hydrogen) atoms. The summed E-state index contributed by atoms with van der Waals surface area (Å²) in [6.07, 6.45) is 1.99. The van der Waals surface area contributed by atoms with E-state index in [0.717, 1.165) is 12.8 Å². The number of rotatable bonds is 7. The predicted octanol–water partition coefficient (Wildman–Crippen LogP) is 0.428. The third kappa shape index (κ3) is 4.03. The van der Waals surface area contributed by atoms with Gasteiger partial charge in [-0.15, -0.1) is 4.98 Å². The van der Waals surface area contributed by atoms with Gasteiger partial charge >= 0.3 is 12.0 Å². The van der Waals surface area contributed by atoms with E-state index in [9.17, 15) is 0 Å². The molecule has 1 rings (SSSR count). The number of aromatic nitrogens is 3. The van der Waals surface area contributed by atoms with Crippen LogP contribution >= 0.6 is 0 Å². The minimum Gasteiger partial charge on any atom is -0.467 e. The molecule has 96 valence electrons. The molecule has 1 heterocycles. The molecule has 0 aromatic carbocycles. The van der Waals surface area contributed by atoms with Crippen LogP contribution in [0.4, 0.5) is 5.95 Å². The van der Waals surface area contributed by atoms with Gasteiger partial charge in [-0.25, -0.2) is 0 Å². The molecule has 0 saturated heterocycles. The Hall–Kier alpha value is -1.63. The number of hydrogen-bond donors (Lipinski definition) is 2. The molecule has 3 N–H and O–H groups in total. The Bertz CT molecular complexity index is 325. The van der Waals surface area contributed by atoms with Gasteiger partial charge in [0.15, 0.2) is 0 Å². The molecule has 0 fully saturated rings. The first-order chi connectivity index (χ1) is 8.23. The number of hydrogen-bond acceptors (Lipinski definition) is 7. The standard InChI is InChI=1S/C10H19N5O2/c1-4-5-7(6-11)12-8-13-9(16-2)15-10(14-8)17-3/h7H,4-6,11H2,1-3H3,(H,12,13,14,15). The highest BCUT2D eigenvalue weighted by molar-refractivity contribution is 5.29. The zero-order chi connectivity index (χ0) is 12.7. The first-order valence-corrected chi connectivity index (χ1v) is 5.54. The first-order valence-electron chi connectivity index (χ1n) is 5.54. The average Bonchev–Trinajstić information content (AvgIpc) is 2.37. The molecule has 1 aromatic heterocycles. The van der Waals surface area contributed by atoms with Crippen molar-refractivity contribution in [3.05, 3.63) is 0 Å². The van der Waals surface area contributed by atoms with Crippen LogP contribution in [0.1, 0.15) is 19.8 Å². The smallest absolute Gasteiger partial charge is 0.324 e. The maximum atomic E-state index is 5.65. The van der Waals surface area contributed by atoms with Gasteiger partial charge in [0.25, 0.3) is 0 Å². The molecule has 7 nitrogen and oxygen atoms in total. The van der Waals surface area contributed by atoms with Crippen LogP contribution in [0.3, 0.4) is 0 Å². The molecular weight excluding hydrogens is 222 g/mol. The Morgan fingerprint density at radius 1 is 1.18 bits per heavy atom. The zero-order valence-corrected chi connectivity index (χ0v) is 10.4. The molecule has 0 spiro atoms. The van der Waals surface area contributed by atoms with E-state index in [2.05, 4.69) is 27.2 Å². The zero-order valence-electron chi connectivity index (χ0n) is 10.4. The number of nitrogens with one attached hydrogen (secondary N) is 1. The molecular formula is C10H19N5O2. The van der Waals surface area contributed by atoms with E-state index in [1.165, 1.54) is 14.2 Å².